The average Bonchev–Trinajstić information content (AvgIpc) is 3.06. The van der Waals surface area contributed by atoms with Crippen molar-refractivity contribution in [2.24, 2.45) is 0 Å². The Balaban J connectivity index is 1.68. The fourth-order valence-electron chi connectivity index (χ4n) is 2.32. The zero-order valence-electron chi connectivity index (χ0n) is 12.2. The van der Waals surface area contributed by atoms with Crippen LogP contribution < -0.4 is 5.32 Å². The lowest BCUT2D eigenvalue weighted by atomic mass is 10.2. The quantitative estimate of drug-likeness (QED) is 0.622. The second-order valence-electron chi connectivity index (χ2n) is 4.88. The average molecular weight is 303 g/mol. The van der Waals surface area contributed by atoms with Crippen LogP contribution in [0.5, 0.6) is 0 Å². The van der Waals surface area contributed by atoms with Crippen LogP contribution in [-0.2, 0) is 6.54 Å². The second kappa shape index (κ2) is 5.80. The summed E-state index contributed by atoms with van der Waals surface area (Å²) in [4.78, 5) is 12.7. The molecule has 0 bridgehead atoms. The van der Waals surface area contributed by atoms with Gasteiger partial charge in [-0.05, 0) is 6.07 Å². The molecule has 0 aliphatic carbocycles. The molecule has 112 valence electrons. The first kappa shape index (κ1) is 13.3. The molecule has 0 radical (unpaired) electrons. The van der Waals surface area contributed by atoms with Crippen molar-refractivity contribution in [3.63, 3.8) is 0 Å². The Bertz CT molecular complexity index is 919. The fourth-order valence-corrected chi connectivity index (χ4v) is 2.32. The van der Waals surface area contributed by atoms with Crippen LogP contribution >= 0.6 is 0 Å². The Labute approximate surface area is 132 Å². The lowest BCUT2D eigenvalue weighted by Crippen LogP contribution is -2.06. The molecular weight excluding hydrogens is 290 g/mol. The van der Waals surface area contributed by atoms with Crippen molar-refractivity contribution in [2.75, 3.05) is 5.32 Å². The van der Waals surface area contributed by atoms with E-state index in [-0.39, 0.29) is 0 Å². The van der Waals surface area contributed by atoms with Crippen LogP contribution in [-0.4, -0.2) is 29.5 Å². The SMILES string of the molecule is c1ccc(-c2nnc3c(NCc4ncccn4)nccn23)cc1. The van der Waals surface area contributed by atoms with Crippen LogP contribution in [0, 0.1) is 0 Å². The summed E-state index contributed by atoms with van der Waals surface area (Å²) in [6.45, 7) is 0.473. The maximum atomic E-state index is 4.34. The van der Waals surface area contributed by atoms with E-state index in [2.05, 4.69) is 30.5 Å². The van der Waals surface area contributed by atoms with E-state index in [1.807, 2.05) is 40.9 Å². The van der Waals surface area contributed by atoms with Crippen molar-refractivity contribution < 1.29 is 0 Å². The second-order valence-corrected chi connectivity index (χ2v) is 4.88. The van der Waals surface area contributed by atoms with Gasteiger partial charge in [0, 0.05) is 30.4 Å². The van der Waals surface area contributed by atoms with E-state index < -0.39 is 0 Å². The van der Waals surface area contributed by atoms with Crippen LogP contribution in [0.15, 0.2) is 61.2 Å². The van der Waals surface area contributed by atoms with Gasteiger partial charge < -0.3 is 5.32 Å². The van der Waals surface area contributed by atoms with Crippen LogP contribution in [0.3, 0.4) is 0 Å². The third kappa shape index (κ3) is 2.59. The third-order valence-electron chi connectivity index (χ3n) is 3.39. The summed E-state index contributed by atoms with van der Waals surface area (Å²) >= 11 is 0. The van der Waals surface area contributed by atoms with Gasteiger partial charge in [0.15, 0.2) is 11.6 Å². The number of hydrogen-bond acceptors (Lipinski definition) is 6. The minimum absolute atomic E-state index is 0.473. The number of hydrogen-bond donors (Lipinski definition) is 1. The minimum Gasteiger partial charge on any atom is -0.360 e. The molecule has 1 N–H and O–H groups in total. The Hall–Kier alpha value is -3.35. The summed E-state index contributed by atoms with van der Waals surface area (Å²) < 4.78 is 1.91. The van der Waals surface area contributed by atoms with Gasteiger partial charge >= 0.3 is 0 Å². The Morgan fingerprint density at radius 3 is 2.52 bits per heavy atom. The lowest BCUT2D eigenvalue weighted by Gasteiger charge is -2.05. The summed E-state index contributed by atoms with van der Waals surface area (Å²) in [7, 11) is 0. The lowest BCUT2D eigenvalue weighted by molar-refractivity contribution is 0.938. The number of anilines is 1. The number of rotatable bonds is 4. The number of aromatic nitrogens is 6. The topological polar surface area (TPSA) is 80.9 Å². The molecule has 0 saturated heterocycles. The predicted molar refractivity (Wildman–Crippen MR) is 85.6 cm³/mol. The van der Waals surface area contributed by atoms with E-state index in [0.29, 0.717) is 23.8 Å². The number of nitrogens with one attached hydrogen (secondary N) is 1. The Kier molecular flexibility index (Phi) is 3.36. The van der Waals surface area contributed by atoms with Crippen LogP contribution in [0.25, 0.3) is 17.0 Å². The standard InChI is InChI=1S/C16H13N7/c1-2-5-12(6-3-1)15-21-22-16-14(19-9-10-23(15)16)20-11-13-17-7-4-8-18-13/h1-10H,11H2,(H,19,20). The van der Waals surface area contributed by atoms with Crippen LogP contribution in [0.4, 0.5) is 5.82 Å². The van der Waals surface area contributed by atoms with Gasteiger partial charge in [0.1, 0.15) is 5.82 Å². The van der Waals surface area contributed by atoms with Crippen molar-refractivity contribution in [1.29, 1.82) is 0 Å². The van der Waals surface area contributed by atoms with Crippen molar-refractivity contribution in [3.8, 4) is 11.4 Å². The minimum atomic E-state index is 0.473. The first-order valence-electron chi connectivity index (χ1n) is 7.17. The molecule has 0 saturated carbocycles. The molecule has 0 aliphatic heterocycles. The van der Waals surface area contributed by atoms with E-state index in [4.69, 9.17) is 0 Å². The molecule has 4 rings (SSSR count). The predicted octanol–water partition coefficient (Wildman–Crippen LogP) is 2.19. The van der Waals surface area contributed by atoms with Crippen LogP contribution in [0.1, 0.15) is 5.82 Å². The van der Waals surface area contributed by atoms with Crippen molar-refractivity contribution in [1.82, 2.24) is 29.5 Å². The Morgan fingerprint density at radius 2 is 1.70 bits per heavy atom. The molecule has 3 heterocycles. The van der Waals surface area contributed by atoms with Crippen molar-refractivity contribution in [3.05, 3.63) is 67.0 Å². The van der Waals surface area contributed by atoms with Gasteiger partial charge in [-0.3, -0.25) is 4.40 Å². The monoisotopic (exact) mass is 303 g/mol. The summed E-state index contributed by atoms with van der Waals surface area (Å²) in [5.74, 6) is 2.12. The van der Waals surface area contributed by atoms with Gasteiger partial charge in [-0.25, -0.2) is 15.0 Å². The fraction of sp³-hybridized carbons (Fsp3) is 0.0625. The first-order chi connectivity index (χ1) is 11.4. The summed E-state index contributed by atoms with van der Waals surface area (Å²) in [6.07, 6.45) is 6.99. The molecule has 0 aliphatic rings. The maximum absolute atomic E-state index is 4.34. The van der Waals surface area contributed by atoms with Gasteiger partial charge in [-0.15, -0.1) is 10.2 Å². The zero-order chi connectivity index (χ0) is 15.5. The maximum Gasteiger partial charge on any atom is 0.203 e. The van der Waals surface area contributed by atoms with E-state index in [9.17, 15) is 0 Å². The molecule has 0 amide bonds. The van der Waals surface area contributed by atoms with Gasteiger partial charge in [0.2, 0.25) is 5.65 Å². The molecule has 1 aromatic carbocycles. The molecule has 0 spiro atoms. The summed E-state index contributed by atoms with van der Waals surface area (Å²) in [6, 6.07) is 11.7. The first-order valence-corrected chi connectivity index (χ1v) is 7.17. The number of fused-ring (bicyclic) bond motifs is 1. The number of benzene rings is 1. The molecule has 0 fully saturated rings. The summed E-state index contributed by atoms with van der Waals surface area (Å²) in [5, 5.41) is 11.7. The molecule has 7 heteroatoms. The summed E-state index contributed by atoms with van der Waals surface area (Å²) in [5.41, 5.74) is 1.67. The van der Waals surface area contributed by atoms with Crippen molar-refractivity contribution in [2.45, 2.75) is 6.54 Å². The number of nitrogens with zero attached hydrogens (tertiary/aromatic N) is 6. The Morgan fingerprint density at radius 1 is 0.870 bits per heavy atom. The highest BCUT2D eigenvalue weighted by atomic mass is 15.3. The van der Waals surface area contributed by atoms with Crippen LogP contribution in [0.2, 0.25) is 0 Å². The zero-order valence-corrected chi connectivity index (χ0v) is 12.2. The highest BCUT2D eigenvalue weighted by molar-refractivity contribution is 5.67. The molecule has 0 unspecified atom stereocenters. The molecule has 4 aromatic rings. The van der Waals surface area contributed by atoms with E-state index in [1.54, 1.807) is 24.7 Å². The highest BCUT2D eigenvalue weighted by Gasteiger charge is 2.11. The molecule has 7 nitrogen and oxygen atoms in total. The van der Waals surface area contributed by atoms with Crippen molar-refractivity contribution >= 4 is 11.5 Å². The molecule has 23 heavy (non-hydrogen) atoms. The van der Waals surface area contributed by atoms with Gasteiger partial charge in [0.05, 0.1) is 6.54 Å². The van der Waals surface area contributed by atoms with Gasteiger partial charge in [-0.2, -0.15) is 0 Å². The molecular formula is C16H13N7. The molecule has 0 atom stereocenters. The van der Waals surface area contributed by atoms with E-state index in [0.717, 1.165) is 11.4 Å². The van der Waals surface area contributed by atoms with Gasteiger partial charge in [0.25, 0.3) is 0 Å². The third-order valence-corrected chi connectivity index (χ3v) is 3.39. The van der Waals surface area contributed by atoms with Gasteiger partial charge in [-0.1, -0.05) is 30.3 Å². The normalized spacial score (nSPS) is 10.8. The molecule has 3 aromatic heterocycles. The smallest absolute Gasteiger partial charge is 0.203 e. The van der Waals surface area contributed by atoms with E-state index in [1.165, 1.54) is 0 Å². The highest BCUT2D eigenvalue weighted by Crippen LogP contribution is 2.20. The largest absolute Gasteiger partial charge is 0.360 e. The van der Waals surface area contributed by atoms with E-state index >= 15 is 0 Å².